The lowest BCUT2D eigenvalue weighted by Crippen LogP contribution is -2.21. The Kier molecular flexibility index (Phi) is 5.54. The van der Waals surface area contributed by atoms with Gasteiger partial charge in [-0.1, -0.05) is 12.1 Å². The largest absolute Gasteiger partial charge is 0.454 e. The van der Waals surface area contributed by atoms with Gasteiger partial charge >= 0.3 is 5.97 Å². The topological polar surface area (TPSA) is 94.6 Å². The van der Waals surface area contributed by atoms with E-state index in [1.807, 2.05) is 27.7 Å². The Morgan fingerprint density at radius 2 is 1.48 bits per heavy atom. The summed E-state index contributed by atoms with van der Waals surface area (Å²) in [5.74, 6) is -1.61. The van der Waals surface area contributed by atoms with Gasteiger partial charge in [0.1, 0.15) is 0 Å². The molecule has 0 N–H and O–H groups in total. The molecule has 0 unspecified atom stereocenters. The molecule has 7 heteroatoms. The molecule has 4 rings (SSSR count). The maximum absolute atomic E-state index is 13.0. The summed E-state index contributed by atoms with van der Waals surface area (Å²) >= 11 is 0. The Labute approximate surface area is 192 Å². The molecule has 1 heterocycles. The second-order valence-corrected chi connectivity index (χ2v) is 10.0. The molecule has 0 aromatic heterocycles. The van der Waals surface area contributed by atoms with Crippen LogP contribution in [-0.2, 0) is 14.6 Å². The van der Waals surface area contributed by atoms with E-state index in [0.29, 0.717) is 5.56 Å². The first kappa shape index (κ1) is 22.6. The zero-order valence-corrected chi connectivity index (χ0v) is 19.5. The van der Waals surface area contributed by atoms with E-state index >= 15 is 0 Å². The van der Waals surface area contributed by atoms with Crippen molar-refractivity contribution in [1.82, 2.24) is 0 Å². The Bertz CT molecular complexity index is 1460. The number of Topliss-reactive ketones (excluding diaryl/α,β-unsaturated/α-hetero) is 1. The van der Waals surface area contributed by atoms with Gasteiger partial charge in [0.05, 0.1) is 15.4 Å². The van der Waals surface area contributed by atoms with E-state index in [1.54, 1.807) is 12.1 Å². The smallest absolute Gasteiger partial charge is 0.338 e. The van der Waals surface area contributed by atoms with Crippen LogP contribution in [0.3, 0.4) is 0 Å². The van der Waals surface area contributed by atoms with Gasteiger partial charge in [-0.25, -0.2) is 13.2 Å². The van der Waals surface area contributed by atoms with Gasteiger partial charge in [-0.15, -0.1) is 0 Å². The second-order valence-electron chi connectivity index (χ2n) is 8.15. The van der Waals surface area contributed by atoms with Gasteiger partial charge in [-0.3, -0.25) is 9.59 Å². The number of fused-ring (bicyclic) bond motifs is 2. The molecule has 1 aliphatic rings. The molecule has 3 aromatic carbocycles. The van der Waals surface area contributed by atoms with Crippen molar-refractivity contribution in [3.63, 3.8) is 0 Å². The maximum atomic E-state index is 13.0. The lowest BCUT2D eigenvalue weighted by atomic mass is 9.93. The van der Waals surface area contributed by atoms with Crippen LogP contribution in [0.25, 0.3) is 0 Å². The average Bonchev–Trinajstić information content (AvgIpc) is 2.81. The third-order valence-corrected chi connectivity index (χ3v) is 8.14. The van der Waals surface area contributed by atoms with Crippen LogP contribution in [0.15, 0.2) is 58.3 Å². The maximum Gasteiger partial charge on any atom is 0.338 e. The number of ketones is 2. The number of benzene rings is 3. The summed E-state index contributed by atoms with van der Waals surface area (Å²) in [6, 6.07) is 11.5. The van der Waals surface area contributed by atoms with Crippen LogP contribution in [0.4, 0.5) is 0 Å². The number of ether oxygens (including phenoxy) is 1. The number of rotatable bonds is 4. The molecule has 0 amide bonds. The molecule has 0 atom stereocenters. The molecule has 6 nitrogen and oxygen atoms in total. The summed E-state index contributed by atoms with van der Waals surface area (Å²) in [5, 5.41) is 0. The minimum atomic E-state index is -3.98. The van der Waals surface area contributed by atoms with Crippen molar-refractivity contribution < 1.29 is 27.5 Å². The number of sulfone groups is 1. The highest BCUT2D eigenvalue weighted by atomic mass is 32.2. The van der Waals surface area contributed by atoms with Crippen LogP contribution in [-0.4, -0.2) is 32.6 Å². The van der Waals surface area contributed by atoms with Crippen molar-refractivity contribution in [1.29, 1.82) is 0 Å². The molecule has 0 saturated heterocycles. The fraction of sp³-hybridized carbons (Fsp3) is 0.192. The van der Waals surface area contributed by atoms with Crippen LogP contribution < -0.4 is 0 Å². The fourth-order valence-electron chi connectivity index (χ4n) is 4.01. The zero-order chi connectivity index (χ0) is 24.1. The van der Waals surface area contributed by atoms with Gasteiger partial charge in [0.25, 0.3) is 0 Å². The Morgan fingerprint density at radius 3 is 2.21 bits per heavy atom. The SMILES string of the molecule is Cc1cc(C(=O)COC(=O)c2ccc3c(c2)S(=O)(=O)c2ccccc2C3=O)c(C)c(C)c1C. The first-order valence-corrected chi connectivity index (χ1v) is 11.8. The number of carbonyl (C=O) groups excluding carboxylic acids is 3. The molecular formula is C26H22O6S. The van der Waals surface area contributed by atoms with Crippen LogP contribution >= 0.6 is 0 Å². The Balaban J connectivity index is 1.60. The van der Waals surface area contributed by atoms with Gasteiger partial charge in [0.2, 0.25) is 15.6 Å². The summed E-state index contributed by atoms with van der Waals surface area (Å²) in [5.41, 5.74) is 4.45. The quantitative estimate of drug-likeness (QED) is 0.331. The minimum Gasteiger partial charge on any atom is -0.454 e. The molecule has 0 bridgehead atoms. The third kappa shape index (κ3) is 3.68. The monoisotopic (exact) mass is 462 g/mol. The Hall–Kier alpha value is -3.58. The molecule has 0 spiro atoms. The van der Waals surface area contributed by atoms with E-state index in [9.17, 15) is 22.8 Å². The van der Waals surface area contributed by atoms with Gasteiger partial charge in [-0.2, -0.15) is 0 Å². The molecule has 0 radical (unpaired) electrons. The third-order valence-electron chi connectivity index (χ3n) is 6.29. The molecule has 33 heavy (non-hydrogen) atoms. The molecule has 0 saturated carbocycles. The van der Waals surface area contributed by atoms with Crippen LogP contribution in [0.5, 0.6) is 0 Å². The highest BCUT2D eigenvalue weighted by Gasteiger charge is 2.35. The predicted octanol–water partition coefficient (Wildman–Crippen LogP) is 4.34. The number of carbonyl (C=O) groups is 3. The molecule has 0 aliphatic carbocycles. The summed E-state index contributed by atoms with van der Waals surface area (Å²) in [7, 11) is -3.98. The van der Waals surface area contributed by atoms with E-state index in [2.05, 4.69) is 0 Å². The Morgan fingerprint density at radius 1 is 0.818 bits per heavy atom. The zero-order valence-electron chi connectivity index (χ0n) is 18.7. The first-order valence-electron chi connectivity index (χ1n) is 10.3. The summed E-state index contributed by atoms with van der Waals surface area (Å²) in [6.45, 7) is 7.21. The van der Waals surface area contributed by atoms with Crippen molar-refractivity contribution in [2.24, 2.45) is 0 Å². The number of hydrogen-bond acceptors (Lipinski definition) is 6. The van der Waals surface area contributed by atoms with Gasteiger partial charge < -0.3 is 4.74 Å². The number of hydrogen-bond donors (Lipinski definition) is 0. The van der Waals surface area contributed by atoms with E-state index in [4.69, 9.17) is 4.74 Å². The standard InChI is InChI=1S/C26H22O6S/c1-14-11-21(17(4)16(3)15(14)2)22(27)13-32-26(29)18-9-10-20-24(12-18)33(30,31)23-8-6-5-7-19(23)25(20)28/h5-12H,13H2,1-4H3. The van der Waals surface area contributed by atoms with E-state index in [-0.39, 0.29) is 32.3 Å². The highest BCUT2D eigenvalue weighted by Crippen LogP contribution is 2.34. The second kappa shape index (κ2) is 8.08. The van der Waals surface area contributed by atoms with E-state index in [0.717, 1.165) is 28.3 Å². The van der Waals surface area contributed by atoms with Crippen LogP contribution in [0, 0.1) is 27.7 Å². The fourth-order valence-corrected chi connectivity index (χ4v) is 5.68. The number of aryl methyl sites for hydroxylation is 1. The van der Waals surface area contributed by atoms with Crippen molar-refractivity contribution >= 4 is 27.4 Å². The van der Waals surface area contributed by atoms with E-state index in [1.165, 1.54) is 30.3 Å². The number of esters is 1. The normalized spacial score (nSPS) is 13.8. The van der Waals surface area contributed by atoms with Crippen molar-refractivity contribution in [3.8, 4) is 0 Å². The molecule has 168 valence electrons. The van der Waals surface area contributed by atoms with Crippen molar-refractivity contribution in [2.45, 2.75) is 37.5 Å². The summed E-state index contributed by atoms with van der Waals surface area (Å²) < 4.78 is 31.3. The lowest BCUT2D eigenvalue weighted by Gasteiger charge is -2.19. The van der Waals surface area contributed by atoms with Gasteiger partial charge in [0, 0.05) is 16.7 Å². The molecule has 1 aliphatic heterocycles. The van der Waals surface area contributed by atoms with Crippen molar-refractivity contribution in [2.75, 3.05) is 6.61 Å². The van der Waals surface area contributed by atoms with Crippen LogP contribution in [0.2, 0.25) is 0 Å². The van der Waals surface area contributed by atoms with Crippen molar-refractivity contribution in [3.05, 3.63) is 93.0 Å². The average molecular weight is 463 g/mol. The van der Waals surface area contributed by atoms with Gasteiger partial charge in [-0.05, 0) is 86.3 Å². The van der Waals surface area contributed by atoms with Gasteiger partial charge in [0.15, 0.2) is 12.4 Å². The van der Waals surface area contributed by atoms with Crippen LogP contribution in [0.1, 0.15) is 58.9 Å². The van der Waals surface area contributed by atoms with E-state index < -0.39 is 28.2 Å². The lowest BCUT2D eigenvalue weighted by molar-refractivity contribution is 0.0474. The first-order chi connectivity index (χ1) is 15.5. The summed E-state index contributed by atoms with van der Waals surface area (Å²) in [4.78, 5) is 37.7. The highest BCUT2D eigenvalue weighted by molar-refractivity contribution is 7.91. The molecule has 0 fully saturated rings. The molecule has 3 aromatic rings. The molecular weight excluding hydrogens is 440 g/mol. The minimum absolute atomic E-state index is 0.00237. The predicted molar refractivity (Wildman–Crippen MR) is 122 cm³/mol. The summed E-state index contributed by atoms with van der Waals surface area (Å²) in [6.07, 6.45) is 0.